The number of anilines is 1. The summed E-state index contributed by atoms with van der Waals surface area (Å²) in [6.07, 6.45) is 1.32. The first kappa shape index (κ1) is 27.3. The quantitative estimate of drug-likeness (QED) is 0.488. The summed E-state index contributed by atoms with van der Waals surface area (Å²) in [7, 11) is 0. The fraction of sp³-hybridized carbons (Fsp3) is 0.500. The largest absolute Gasteiger partial charge is 0.466 e. The van der Waals surface area contributed by atoms with Crippen molar-refractivity contribution in [3.05, 3.63) is 47.0 Å². The highest BCUT2D eigenvalue weighted by Crippen LogP contribution is 2.21. The number of ether oxygens (including phenoxy) is 1. The number of carbonyl (C=O) groups excluding carboxylic acids is 4. The molecule has 9 nitrogen and oxygen atoms in total. The molecule has 0 saturated carbocycles. The smallest absolute Gasteiger partial charge is 0.309 e. The van der Waals surface area contributed by atoms with Gasteiger partial charge in [0.15, 0.2) is 5.13 Å². The van der Waals surface area contributed by atoms with Crippen molar-refractivity contribution in [2.45, 2.75) is 40.0 Å². The summed E-state index contributed by atoms with van der Waals surface area (Å²) in [6.45, 7) is 7.52. The minimum Gasteiger partial charge on any atom is -0.466 e. The van der Waals surface area contributed by atoms with Crippen LogP contribution in [0.5, 0.6) is 0 Å². The summed E-state index contributed by atoms with van der Waals surface area (Å²) in [5, 5.41) is 4.89. The van der Waals surface area contributed by atoms with Crippen LogP contribution in [0.3, 0.4) is 0 Å². The molecule has 1 aliphatic rings. The zero-order valence-corrected chi connectivity index (χ0v) is 21.9. The van der Waals surface area contributed by atoms with Gasteiger partial charge in [0, 0.05) is 30.6 Å². The topological polar surface area (TPSA) is 109 Å². The van der Waals surface area contributed by atoms with Gasteiger partial charge in [-0.25, -0.2) is 4.98 Å². The number of hydrogen-bond donors (Lipinski definition) is 1. The number of piperidine rings is 1. The number of aromatic nitrogens is 1. The highest BCUT2D eigenvalue weighted by atomic mass is 32.1. The molecular weight excluding hydrogens is 480 g/mol. The second kappa shape index (κ2) is 13.2. The lowest BCUT2D eigenvalue weighted by Crippen LogP contribution is -2.41. The Morgan fingerprint density at radius 2 is 1.86 bits per heavy atom. The summed E-state index contributed by atoms with van der Waals surface area (Å²) < 4.78 is 5.08. The fourth-order valence-corrected chi connectivity index (χ4v) is 4.82. The van der Waals surface area contributed by atoms with Gasteiger partial charge in [0.25, 0.3) is 5.91 Å². The highest BCUT2D eigenvalue weighted by molar-refractivity contribution is 7.13. The third-order valence-corrected chi connectivity index (χ3v) is 6.63. The van der Waals surface area contributed by atoms with E-state index in [1.54, 1.807) is 41.5 Å². The van der Waals surface area contributed by atoms with Crippen molar-refractivity contribution >= 4 is 40.2 Å². The first-order valence-electron chi connectivity index (χ1n) is 12.3. The van der Waals surface area contributed by atoms with E-state index in [1.807, 2.05) is 19.9 Å². The van der Waals surface area contributed by atoms with E-state index in [0.29, 0.717) is 55.5 Å². The molecule has 1 N–H and O–H groups in total. The number of nitrogens with one attached hydrogen (secondary N) is 1. The van der Waals surface area contributed by atoms with E-state index in [-0.39, 0.29) is 48.5 Å². The number of nitrogens with zero attached hydrogens (tertiary/aromatic N) is 3. The van der Waals surface area contributed by atoms with Crippen LogP contribution in [0.4, 0.5) is 5.13 Å². The summed E-state index contributed by atoms with van der Waals surface area (Å²) in [4.78, 5) is 57.9. The van der Waals surface area contributed by atoms with Gasteiger partial charge in [-0.2, -0.15) is 0 Å². The van der Waals surface area contributed by atoms with Gasteiger partial charge in [-0.3, -0.25) is 19.2 Å². The Balaban J connectivity index is 1.51. The molecule has 2 aromatic rings. The van der Waals surface area contributed by atoms with Crippen LogP contribution >= 0.6 is 11.3 Å². The molecule has 0 radical (unpaired) electrons. The summed E-state index contributed by atoms with van der Waals surface area (Å²) >= 11 is 1.24. The van der Waals surface area contributed by atoms with Gasteiger partial charge in [0.05, 0.1) is 24.6 Å². The Kier molecular flexibility index (Phi) is 9.98. The molecule has 0 unspecified atom stereocenters. The highest BCUT2D eigenvalue weighted by Gasteiger charge is 2.28. The van der Waals surface area contributed by atoms with E-state index in [1.165, 1.54) is 16.2 Å². The molecule has 1 saturated heterocycles. The molecule has 1 aromatic heterocycles. The summed E-state index contributed by atoms with van der Waals surface area (Å²) in [5.41, 5.74) is 1.11. The third kappa shape index (κ3) is 7.87. The van der Waals surface area contributed by atoms with E-state index in [2.05, 4.69) is 10.3 Å². The molecule has 10 heteroatoms. The normalized spacial score (nSPS) is 13.9. The molecule has 0 atom stereocenters. The van der Waals surface area contributed by atoms with Crippen LogP contribution < -0.4 is 5.32 Å². The van der Waals surface area contributed by atoms with E-state index in [0.717, 1.165) is 0 Å². The standard InChI is InChI=1S/C26H34N4O5S/c1-4-35-25(34)20-10-12-29(13-11-20)23(32)14-21-17-36-26(27-21)28-22(31)16-30(15-18(2)3)24(33)19-8-6-5-7-9-19/h5-9,17-18,20H,4,10-16H2,1-3H3,(H,27,28,31). The molecule has 194 valence electrons. The number of carbonyl (C=O) groups is 4. The number of hydrogen-bond acceptors (Lipinski definition) is 7. The minimum absolute atomic E-state index is 0.0583. The van der Waals surface area contributed by atoms with Crippen LogP contribution in [0.2, 0.25) is 0 Å². The van der Waals surface area contributed by atoms with Crippen LogP contribution in [0.1, 0.15) is 49.7 Å². The second-order valence-corrected chi connectivity index (χ2v) is 10.1. The van der Waals surface area contributed by atoms with Crippen LogP contribution in [-0.2, 0) is 25.5 Å². The minimum atomic E-state index is -0.340. The third-order valence-electron chi connectivity index (χ3n) is 5.83. The van der Waals surface area contributed by atoms with Gasteiger partial charge in [-0.05, 0) is 37.8 Å². The molecule has 3 amide bonds. The lowest BCUT2D eigenvalue weighted by atomic mass is 9.97. The summed E-state index contributed by atoms with van der Waals surface area (Å²) in [6, 6.07) is 8.89. The molecule has 0 spiro atoms. The van der Waals surface area contributed by atoms with Crippen molar-refractivity contribution in [1.82, 2.24) is 14.8 Å². The van der Waals surface area contributed by atoms with Crippen LogP contribution in [0.15, 0.2) is 35.7 Å². The van der Waals surface area contributed by atoms with Crippen LogP contribution in [0.25, 0.3) is 0 Å². The predicted molar refractivity (Wildman–Crippen MR) is 138 cm³/mol. The fourth-order valence-electron chi connectivity index (χ4n) is 4.09. The maximum absolute atomic E-state index is 12.9. The Morgan fingerprint density at radius 1 is 1.17 bits per heavy atom. The van der Waals surface area contributed by atoms with Gasteiger partial charge in [-0.1, -0.05) is 32.0 Å². The van der Waals surface area contributed by atoms with Gasteiger partial charge in [-0.15, -0.1) is 11.3 Å². The number of rotatable bonds is 10. The molecule has 0 aliphatic carbocycles. The number of amides is 3. The van der Waals surface area contributed by atoms with Gasteiger partial charge in [0.1, 0.15) is 6.54 Å². The first-order chi connectivity index (χ1) is 17.3. The number of likely N-dealkylation sites (tertiary alicyclic amines) is 1. The Morgan fingerprint density at radius 3 is 2.50 bits per heavy atom. The molecule has 0 bridgehead atoms. The lowest BCUT2D eigenvalue weighted by molar-refractivity contribution is -0.151. The Labute approximate surface area is 215 Å². The van der Waals surface area contributed by atoms with E-state index in [4.69, 9.17) is 4.74 Å². The van der Waals surface area contributed by atoms with Gasteiger partial charge in [0.2, 0.25) is 11.8 Å². The maximum Gasteiger partial charge on any atom is 0.309 e. The summed E-state index contributed by atoms with van der Waals surface area (Å²) in [5.74, 6) is -0.742. The number of thiazole rings is 1. The molecule has 36 heavy (non-hydrogen) atoms. The van der Waals surface area contributed by atoms with Gasteiger partial charge < -0.3 is 19.9 Å². The molecule has 3 rings (SSSR count). The zero-order chi connectivity index (χ0) is 26.1. The lowest BCUT2D eigenvalue weighted by Gasteiger charge is -2.30. The molecule has 2 heterocycles. The van der Waals surface area contributed by atoms with Crippen molar-refractivity contribution < 1.29 is 23.9 Å². The Hall–Kier alpha value is -3.27. The molecular formula is C26H34N4O5S. The Bertz CT molecular complexity index is 1050. The number of esters is 1. The maximum atomic E-state index is 12.9. The van der Waals surface area contributed by atoms with Crippen molar-refractivity contribution in [2.75, 3.05) is 38.1 Å². The average molecular weight is 515 g/mol. The van der Waals surface area contributed by atoms with Crippen molar-refractivity contribution in [1.29, 1.82) is 0 Å². The zero-order valence-electron chi connectivity index (χ0n) is 21.1. The van der Waals surface area contributed by atoms with Crippen LogP contribution in [-0.4, -0.2) is 71.3 Å². The first-order valence-corrected chi connectivity index (χ1v) is 13.2. The monoisotopic (exact) mass is 514 g/mol. The van der Waals surface area contributed by atoms with Crippen molar-refractivity contribution in [2.24, 2.45) is 11.8 Å². The average Bonchev–Trinajstić information content (AvgIpc) is 3.30. The van der Waals surface area contributed by atoms with E-state index in [9.17, 15) is 19.2 Å². The molecule has 1 fully saturated rings. The number of benzene rings is 1. The van der Waals surface area contributed by atoms with E-state index < -0.39 is 0 Å². The van der Waals surface area contributed by atoms with Crippen molar-refractivity contribution in [3.8, 4) is 0 Å². The predicted octanol–water partition coefficient (Wildman–Crippen LogP) is 3.22. The van der Waals surface area contributed by atoms with Crippen LogP contribution in [0, 0.1) is 11.8 Å². The van der Waals surface area contributed by atoms with E-state index >= 15 is 0 Å². The molecule has 1 aromatic carbocycles. The molecule has 1 aliphatic heterocycles. The second-order valence-electron chi connectivity index (χ2n) is 9.22. The van der Waals surface area contributed by atoms with Crippen molar-refractivity contribution in [3.63, 3.8) is 0 Å². The van der Waals surface area contributed by atoms with Gasteiger partial charge >= 0.3 is 5.97 Å². The SMILES string of the molecule is CCOC(=O)C1CCN(C(=O)Cc2csc(NC(=O)CN(CC(C)C)C(=O)c3ccccc3)n2)CC1.